The molecule has 154 valence electrons. The highest BCUT2D eigenvalue weighted by Gasteiger charge is 2.14. The number of methoxy groups -OCH3 is 1. The van der Waals surface area contributed by atoms with Crippen molar-refractivity contribution >= 4 is 29.1 Å². The SMILES string of the molecule is COc1ccc(OCCN(CC(=O)Nc2ccc(NC(C)=O)cc2)C(C)=O)cc1. The molecule has 2 aromatic rings. The van der Waals surface area contributed by atoms with Crippen LogP contribution in [0.5, 0.6) is 11.5 Å². The monoisotopic (exact) mass is 399 g/mol. The van der Waals surface area contributed by atoms with E-state index in [1.54, 1.807) is 55.6 Å². The molecule has 0 aromatic heterocycles. The van der Waals surface area contributed by atoms with E-state index in [0.717, 1.165) is 5.75 Å². The summed E-state index contributed by atoms with van der Waals surface area (Å²) < 4.78 is 10.7. The largest absolute Gasteiger partial charge is 0.497 e. The zero-order valence-corrected chi connectivity index (χ0v) is 16.7. The number of carbonyl (C=O) groups is 3. The van der Waals surface area contributed by atoms with Gasteiger partial charge < -0.3 is 25.0 Å². The molecule has 8 heteroatoms. The number of nitrogens with one attached hydrogen (secondary N) is 2. The first-order valence-corrected chi connectivity index (χ1v) is 9.07. The van der Waals surface area contributed by atoms with Crippen LogP contribution >= 0.6 is 0 Å². The minimum atomic E-state index is -0.322. The van der Waals surface area contributed by atoms with Gasteiger partial charge in [-0.05, 0) is 48.5 Å². The van der Waals surface area contributed by atoms with E-state index < -0.39 is 0 Å². The summed E-state index contributed by atoms with van der Waals surface area (Å²) in [4.78, 5) is 36.5. The lowest BCUT2D eigenvalue weighted by Gasteiger charge is -2.20. The zero-order chi connectivity index (χ0) is 21.2. The summed E-state index contributed by atoms with van der Waals surface area (Å²) in [6.07, 6.45) is 0. The third-order valence-corrected chi connectivity index (χ3v) is 3.96. The first-order chi connectivity index (χ1) is 13.9. The Morgan fingerprint density at radius 2 is 1.41 bits per heavy atom. The molecule has 2 aromatic carbocycles. The number of hydrogen-bond donors (Lipinski definition) is 2. The lowest BCUT2D eigenvalue weighted by atomic mass is 10.2. The van der Waals surface area contributed by atoms with Gasteiger partial charge in [-0.25, -0.2) is 0 Å². The quantitative estimate of drug-likeness (QED) is 0.675. The molecule has 0 fully saturated rings. The molecule has 0 saturated heterocycles. The van der Waals surface area contributed by atoms with Gasteiger partial charge in [-0.15, -0.1) is 0 Å². The van der Waals surface area contributed by atoms with Gasteiger partial charge in [-0.1, -0.05) is 0 Å². The number of benzene rings is 2. The minimum absolute atomic E-state index is 0.0885. The number of rotatable bonds is 9. The Bertz CT molecular complexity index is 834. The van der Waals surface area contributed by atoms with Crippen LogP contribution in [0.15, 0.2) is 48.5 Å². The van der Waals surface area contributed by atoms with Gasteiger partial charge in [0.15, 0.2) is 0 Å². The second kappa shape index (κ2) is 10.7. The average Bonchev–Trinajstić information content (AvgIpc) is 2.68. The van der Waals surface area contributed by atoms with E-state index in [9.17, 15) is 14.4 Å². The summed E-state index contributed by atoms with van der Waals surface area (Å²) in [5, 5.41) is 5.38. The predicted molar refractivity (Wildman–Crippen MR) is 110 cm³/mol. The molecule has 8 nitrogen and oxygen atoms in total. The molecule has 0 aliphatic heterocycles. The van der Waals surface area contributed by atoms with Crippen molar-refractivity contribution in [3.8, 4) is 11.5 Å². The molecular formula is C21H25N3O5. The van der Waals surface area contributed by atoms with Crippen LogP contribution in [0, 0.1) is 0 Å². The van der Waals surface area contributed by atoms with E-state index in [2.05, 4.69) is 10.6 Å². The van der Waals surface area contributed by atoms with Crippen molar-refractivity contribution in [3.63, 3.8) is 0 Å². The molecule has 2 N–H and O–H groups in total. The van der Waals surface area contributed by atoms with Crippen LogP contribution < -0.4 is 20.1 Å². The van der Waals surface area contributed by atoms with Gasteiger partial charge in [0.05, 0.1) is 20.2 Å². The maximum absolute atomic E-state index is 12.3. The molecule has 29 heavy (non-hydrogen) atoms. The first-order valence-electron chi connectivity index (χ1n) is 9.07. The van der Waals surface area contributed by atoms with Gasteiger partial charge >= 0.3 is 0 Å². The third-order valence-electron chi connectivity index (χ3n) is 3.96. The number of ether oxygens (including phenoxy) is 2. The summed E-state index contributed by atoms with van der Waals surface area (Å²) in [5.74, 6) is 0.662. The average molecular weight is 399 g/mol. The van der Waals surface area contributed by atoms with Crippen LogP contribution in [0.25, 0.3) is 0 Å². The normalized spacial score (nSPS) is 10.0. The topological polar surface area (TPSA) is 97.0 Å². The van der Waals surface area contributed by atoms with Crippen LogP contribution in [0.2, 0.25) is 0 Å². The summed E-state index contributed by atoms with van der Waals surface area (Å²) in [6, 6.07) is 13.8. The van der Waals surface area contributed by atoms with Gasteiger partial charge in [0.2, 0.25) is 17.7 Å². The summed E-state index contributed by atoms with van der Waals surface area (Å²) in [7, 11) is 1.59. The maximum Gasteiger partial charge on any atom is 0.243 e. The van der Waals surface area contributed by atoms with Crippen molar-refractivity contribution in [1.29, 1.82) is 0 Å². The van der Waals surface area contributed by atoms with Crippen molar-refractivity contribution in [3.05, 3.63) is 48.5 Å². The van der Waals surface area contributed by atoms with Crippen LogP contribution in [0.4, 0.5) is 11.4 Å². The molecule has 0 aliphatic carbocycles. The number of nitrogens with zero attached hydrogens (tertiary/aromatic N) is 1. The van der Waals surface area contributed by atoms with E-state index in [1.165, 1.54) is 18.7 Å². The van der Waals surface area contributed by atoms with Gasteiger partial charge in [0.25, 0.3) is 0 Å². The fourth-order valence-electron chi connectivity index (χ4n) is 2.51. The van der Waals surface area contributed by atoms with Gasteiger partial charge in [0, 0.05) is 25.2 Å². The summed E-state index contributed by atoms with van der Waals surface area (Å²) in [6.45, 7) is 3.27. The highest BCUT2D eigenvalue weighted by Crippen LogP contribution is 2.17. The van der Waals surface area contributed by atoms with Crippen LogP contribution in [0.1, 0.15) is 13.8 Å². The van der Waals surface area contributed by atoms with Crippen molar-refractivity contribution in [2.24, 2.45) is 0 Å². The van der Waals surface area contributed by atoms with E-state index in [0.29, 0.717) is 17.1 Å². The molecule has 0 atom stereocenters. The Kier molecular flexibility index (Phi) is 8.02. The lowest BCUT2D eigenvalue weighted by molar-refractivity contribution is -0.133. The fraction of sp³-hybridized carbons (Fsp3) is 0.286. The zero-order valence-electron chi connectivity index (χ0n) is 16.7. The van der Waals surface area contributed by atoms with Crippen LogP contribution in [-0.4, -0.2) is 49.4 Å². The van der Waals surface area contributed by atoms with Crippen molar-refractivity contribution < 1.29 is 23.9 Å². The molecule has 0 unspecified atom stereocenters. The summed E-state index contributed by atoms with van der Waals surface area (Å²) >= 11 is 0. The molecule has 0 saturated carbocycles. The molecular weight excluding hydrogens is 374 g/mol. The van der Waals surface area contributed by atoms with E-state index in [-0.39, 0.29) is 37.4 Å². The van der Waals surface area contributed by atoms with E-state index in [4.69, 9.17) is 9.47 Å². The van der Waals surface area contributed by atoms with Gasteiger partial charge in [-0.2, -0.15) is 0 Å². The highest BCUT2D eigenvalue weighted by molar-refractivity contribution is 5.95. The highest BCUT2D eigenvalue weighted by atomic mass is 16.5. The Morgan fingerprint density at radius 3 is 1.93 bits per heavy atom. The number of hydrogen-bond acceptors (Lipinski definition) is 5. The number of carbonyl (C=O) groups excluding carboxylic acids is 3. The Balaban J connectivity index is 1.83. The third kappa shape index (κ3) is 7.53. The van der Waals surface area contributed by atoms with E-state index >= 15 is 0 Å². The van der Waals surface area contributed by atoms with Gasteiger partial charge in [-0.3, -0.25) is 14.4 Å². The van der Waals surface area contributed by atoms with Crippen molar-refractivity contribution in [2.75, 3.05) is 37.4 Å². The Morgan fingerprint density at radius 1 is 0.862 bits per heavy atom. The smallest absolute Gasteiger partial charge is 0.243 e. The summed E-state index contributed by atoms with van der Waals surface area (Å²) in [5.41, 5.74) is 1.21. The molecule has 2 rings (SSSR count). The van der Waals surface area contributed by atoms with Crippen LogP contribution in [0.3, 0.4) is 0 Å². The molecule has 3 amide bonds. The molecule has 0 radical (unpaired) electrons. The van der Waals surface area contributed by atoms with Crippen LogP contribution in [-0.2, 0) is 14.4 Å². The molecule has 0 spiro atoms. The standard InChI is InChI=1S/C21H25N3O5/c1-15(25)22-17-4-6-18(7-5-17)23-21(27)14-24(16(2)26)12-13-29-20-10-8-19(28-3)9-11-20/h4-11H,12-14H2,1-3H3,(H,22,25)(H,23,27). The number of amides is 3. The maximum atomic E-state index is 12.3. The minimum Gasteiger partial charge on any atom is -0.497 e. The predicted octanol–water partition coefficient (Wildman–Crippen LogP) is 2.52. The molecule has 0 heterocycles. The van der Waals surface area contributed by atoms with Gasteiger partial charge in [0.1, 0.15) is 18.1 Å². The van der Waals surface area contributed by atoms with Crippen molar-refractivity contribution in [2.45, 2.75) is 13.8 Å². The Labute approximate surface area is 169 Å². The number of anilines is 2. The second-order valence-electron chi connectivity index (χ2n) is 6.27. The van der Waals surface area contributed by atoms with Crippen molar-refractivity contribution in [1.82, 2.24) is 4.90 Å². The Hall–Kier alpha value is -3.55. The first kappa shape index (κ1) is 21.7. The molecule has 0 bridgehead atoms. The lowest BCUT2D eigenvalue weighted by Crippen LogP contribution is -2.39. The molecule has 0 aliphatic rings. The second-order valence-corrected chi connectivity index (χ2v) is 6.27. The van der Waals surface area contributed by atoms with E-state index in [1.807, 2.05) is 0 Å². The fourth-order valence-corrected chi connectivity index (χ4v) is 2.51.